The highest BCUT2D eigenvalue weighted by Gasteiger charge is 2.37. The van der Waals surface area contributed by atoms with E-state index in [0.29, 0.717) is 24.5 Å². The number of imidazole rings is 3. The number of carbonyl (C=O) groups excluding carboxylic acids is 2. The van der Waals surface area contributed by atoms with Crippen molar-refractivity contribution in [3.05, 3.63) is 127 Å². The zero-order chi connectivity index (χ0) is 37.2. The van der Waals surface area contributed by atoms with Crippen LogP contribution >= 0.6 is 0 Å². The Morgan fingerprint density at radius 1 is 0.759 bits per heavy atom. The van der Waals surface area contributed by atoms with Crippen molar-refractivity contribution in [1.29, 1.82) is 0 Å². The van der Waals surface area contributed by atoms with Crippen LogP contribution < -0.4 is 5.32 Å². The van der Waals surface area contributed by atoms with Crippen LogP contribution in [0.25, 0.3) is 33.6 Å². The average Bonchev–Trinajstić information content (AvgIpc) is 4.04. The number of aromatic amines is 2. The molecule has 0 aliphatic carbocycles. The van der Waals surface area contributed by atoms with Crippen molar-refractivity contribution in [2.24, 2.45) is 7.05 Å². The van der Waals surface area contributed by atoms with Crippen LogP contribution in [0, 0.1) is 0 Å². The van der Waals surface area contributed by atoms with Crippen LogP contribution in [0.5, 0.6) is 0 Å². The number of aryl methyl sites for hydroxylation is 1. The van der Waals surface area contributed by atoms with Gasteiger partial charge in [0.2, 0.25) is 5.91 Å². The third-order valence-corrected chi connectivity index (χ3v) is 10.4. The number of amides is 3. The molecule has 274 valence electrons. The first kappa shape index (κ1) is 34.6. The zero-order valence-corrected chi connectivity index (χ0v) is 29.9. The minimum absolute atomic E-state index is 0.0643. The molecule has 3 amide bonds. The number of nitrogens with zero attached hydrogens (tertiary/aromatic N) is 6. The molecule has 3 atom stereocenters. The summed E-state index contributed by atoms with van der Waals surface area (Å²) in [5.41, 5.74) is 7.21. The maximum Gasteiger partial charge on any atom is 0.405 e. The average molecular weight is 724 g/mol. The topological polar surface area (TPSA) is 165 Å². The first-order valence-corrected chi connectivity index (χ1v) is 18.2. The second kappa shape index (κ2) is 14.9. The summed E-state index contributed by atoms with van der Waals surface area (Å²) in [4.78, 5) is 62.6. The predicted molar refractivity (Wildman–Crippen MR) is 202 cm³/mol. The molecule has 0 spiro atoms. The van der Waals surface area contributed by atoms with Gasteiger partial charge in [-0.3, -0.25) is 9.59 Å². The Balaban J connectivity index is 0.921. The molecular formula is C41H41N9O4. The summed E-state index contributed by atoms with van der Waals surface area (Å²) in [6.07, 6.45) is 9.58. The van der Waals surface area contributed by atoms with Gasteiger partial charge in [0.15, 0.2) is 0 Å². The molecule has 2 aliphatic rings. The second-order valence-corrected chi connectivity index (χ2v) is 14.0. The normalized spacial score (nSPS) is 17.5. The Hall–Kier alpha value is -6.50. The predicted octanol–water partition coefficient (Wildman–Crippen LogP) is 6.45. The third kappa shape index (κ3) is 7.12. The van der Waals surface area contributed by atoms with Gasteiger partial charge in [-0.15, -0.1) is 0 Å². The van der Waals surface area contributed by atoms with Crippen LogP contribution in [0.1, 0.15) is 66.7 Å². The summed E-state index contributed by atoms with van der Waals surface area (Å²) in [5, 5.41) is 11.9. The summed E-state index contributed by atoms with van der Waals surface area (Å²) < 4.78 is 1.85. The molecule has 5 heterocycles. The highest BCUT2D eigenvalue weighted by molar-refractivity contribution is 5.87. The minimum atomic E-state index is -1.25. The lowest BCUT2D eigenvalue weighted by Gasteiger charge is -2.28. The molecule has 13 heteroatoms. The number of nitrogens with one attached hydrogen (secondary N) is 3. The van der Waals surface area contributed by atoms with E-state index >= 15 is 0 Å². The van der Waals surface area contributed by atoms with E-state index < -0.39 is 12.1 Å². The van der Waals surface area contributed by atoms with Gasteiger partial charge in [0, 0.05) is 26.3 Å². The SMILES string of the molecule is Cn1cnc(CC(=O)N2CCC[C@H]2c2ncc(-c3ccc(-c4ccc(-c5cnc([C@@H]6CCCN6C(=O)[C@H](NC(=O)O)c6ccccc6)[nH]5)cc4)cc3)[nH]2)c1. The summed E-state index contributed by atoms with van der Waals surface area (Å²) >= 11 is 0. The van der Waals surface area contributed by atoms with E-state index in [4.69, 9.17) is 0 Å². The van der Waals surface area contributed by atoms with E-state index in [1.807, 2.05) is 47.1 Å². The molecule has 3 aromatic heterocycles. The first-order valence-electron chi connectivity index (χ1n) is 18.2. The van der Waals surface area contributed by atoms with E-state index in [0.717, 1.165) is 70.8 Å². The Labute approximate surface area is 312 Å². The zero-order valence-electron chi connectivity index (χ0n) is 29.9. The fraction of sp³-hybridized carbons (Fsp3) is 0.268. The maximum atomic E-state index is 13.7. The number of H-pyrrole nitrogens is 2. The molecular weight excluding hydrogens is 683 g/mol. The van der Waals surface area contributed by atoms with Crippen LogP contribution in [0.4, 0.5) is 4.79 Å². The molecule has 8 rings (SSSR count). The molecule has 13 nitrogen and oxygen atoms in total. The van der Waals surface area contributed by atoms with Gasteiger partial charge in [-0.25, -0.2) is 19.7 Å². The maximum absolute atomic E-state index is 13.7. The van der Waals surface area contributed by atoms with Gasteiger partial charge in [-0.05, 0) is 53.5 Å². The molecule has 3 aromatic carbocycles. The van der Waals surface area contributed by atoms with Crippen molar-refractivity contribution in [3.63, 3.8) is 0 Å². The van der Waals surface area contributed by atoms with Crippen LogP contribution in [-0.4, -0.2) is 75.4 Å². The summed E-state index contributed by atoms with van der Waals surface area (Å²) in [7, 11) is 1.90. The third-order valence-electron chi connectivity index (χ3n) is 10.4. The number of hydrogen-bond acceptors (Lipinski definition) is 6. The van der Waals surface area contributed by atoms with Crippen molar-refractivity contribution >= 4 is 17.9 Å². The molecule has 0 saturated carbocycles. The molecule has 4 N–H and O–H groups in total. The van der Waals surface area contributed by atoms with Gasteiger partial charge in [-0.1, -0.05) is 78.9 Å². The van der Waals surface area contributed by atoms with Crippen LogP contribution in [0.3, 0.4) is 0 Å². The summed E-state index contributed by atoms with van der Waals surface area (Å²) in [6.45, 7) is 1.23. The highest BCUT2D eigenvalue weighted by Crippen LogP contribution is 2.35. The summed E-state index contributed by atoms with van der Waals surface area (Å²) in [5.74, 6) is 1.25. The number of rotatable bonds is 10. The largest absolute Gasteiger partial charge is 0.465 e. The lowest BCUT2D eigenvalue weighted by Crippen LogP contribution is -2.42. The van der Waals surface area contributed by atoms with Crippen molar-refractivity contribution in [3.8, 4) is 33.6 Å². The number of hydrogen-bond donors (Lipinski definition) is 4. The highest BCUT2D eigenvalue weighted by atomic mass is 16.4. The minimum Gasteiger partial charge on any atom is -0.465 e. The van der Waals surface area contributed by atoms with Crippen LogP contribution in [0.2, 0.25) is 0 Å². The van der Waals surface area contributed by atoms with Crippen LogP contribution in [-0.2, 0) is 23.1 Å². The van der Waals surface area contributed by atoms with Gasteiger partial charge in [0.05, 0.1) is 54.3 Å². The quantitative estimate of drug-likeness (QED) is 0.126. The Morgan fingerprint density at radius 3 is 1.83 bits per heavy atom. The Morgan fingerprint density at radius 2 is 1.30 bits per heavy atom. The van der Waals surface area contributed by atoms with Gasteiger partial charge in [-0.2, -0.15) is 0 Å². The van der Waals surface area contributed by atoms with Crippen molar-refractivity contribution in [2.75, 3.05) is 13.1 Å². The Bertz CT molecular complexity index is 2260. The fourth-order valence-corrected chi connectivity index (χ4v) is 7.69. The lowest BCUT2D eigenvalue weighted by molar-refractivity contribution is -0.134. The van der Waals surface area contributed by atoms with E-state index in [-0.39, 0.29) is 30.3 Å². The second-order valence-electron chi connectivity index (χ2n) is 14.0. The molecule has 0 unspecified atom stereocenters. The fourth-order valence-electron chi connectivity index (χ4n) is 7.69. The van der Waals surface area contributed by atoms with E-state index in [9.17, 15) is 19.5 Å². The molecule has 0 radical (unpaired) electrons. The number of carbonyl (C=O) groups is 3. The molecule has 2 aliphatic heterocycles. The number of carboxylic acid groups (broad SMARTS) is 1. The first-order chi connectivity index (χ1) is 26.3. The molecule has 0 bridgehead atoms. The van der Waals surface area contributed by atoms with Crippen molar-refractivity contribution in [2.45, 2.75) is 50.2 Å². The smallest absolute Gasteiger partial charge is 0.405 e. The van der Waals surface area contributed by atoms with E-state index in [1.54, 1.807) is 41.7 Å². The molecule has 2 saturated heterocycles. The van der Waals surface area contributed by atoms with Crippen molar-refractivity contribution in [1.82, 2.24) is 44.6 Å². The van der Waals surface area contributed by atoms with Crippen LogP contribution in [0.15, 0.2) is 104 Å². The number of aromatic nitrogens is 6. The van der Waals surface area contributed by atoms with Gasteiger partial charge >= 0.3 is 6.09 Å². The standard InChI is InChI=1S/C41H41N9O4/c1-48-24-31(44-25-48)21-36(51)49-19-5-9-34(49)38-42-22-32(45-38)28-15-11-26(12-16-28)27-13-17-29(18-14-27)33-23-43-39(46-33)35-10-6-20-50(35)40(52)37(47-41(53)54)30-7-3-2-4-8-30/h2-4,7-8,11-18,22-25,34-35,37,47H,5-6,9-10,19-21H2,1H3,(H,42,45)(H,43,46)(H,53,54)/t34-,35-,37+/m0/s1. The summed E-state index contributed by atoms with van der Waals surface area (Å²) in [6, 6.07) is 24.1. The molecule has 6 aromatic rings. The molecule has 54 heavy (non-hydrogen) atoms. The van der Waals surface area contributed by atoms with E-state index in [1.165, 1.54) is 0 Å². The lowest BCUT2D eigenvalue weighted by atomic mass is 10.0. The number of benzene rings is 3. The number of likely N-dealkylation sites (tertiary alicyclic amines) is 2. The monoisotopic (exact) mass is 723 g/mol. The van der Waals surface area contributed by atoms with Crippen molar-refractivity contribution < 1.29 is 19.5 Å². The Kier molecular flexibility index (Phi) is 9.51. The van der Waals surface area contributed by atoms with Gasteiger partial charge in [0.1, 0.15) is 17.7 Å². The van der Waals surface area contributed by atoms with E-state index in [2.05, 4.69) is 66.6 Å². The molecule has 2 fully saturated rings. The van der Waals surface area contributed by atoms with Gasteiger partial charge in [0.25, 0.3) is 5.91 Å². The van der Waals surface area contributed by atoms with Gasteiger partial charge < -0.3 is 34.8 Å².